The number of rotatable bonds is 7. The Balaban J connectivity index is 1.70. The van der Waals surface area contributed by atoms with Crippen LogP contribution in [0.1, 0.15) is 60.9 Å². The molecule has 1 aromatic heterocycles. The summed E-state index contributed by atoms with van der Waals surface area (Å²) in [6, 6.07) is 18.2. The summed E-state index contributed by atoms with van der Waals surface area (Å²) in [6.45, 7) is 4.75. The zero-order valence-electron chi connectivity index (χ0n) is 19.9. The summed E-state index contributed by atoms with van der Waals surface area (Å²) >= 11 is 0. The SMILES string of the molecule is COc1ccc(CN(C(=O)C2CCCc3ccc(OC)cc32)c2ccc(C(C)C)cc2)nc1. The van der Waals surface area contributed by atoms with Crippen LogP contribution in [0, 0.1) is 0 Å². The Morgan fingerprint density at radius 1 is 1.03 bits per heavy atom. The minimum Gasteiger partial charge on any atom is -0.497 e. The van der Waals surface area contributed by atoms with Crippen molar-refractivity contribution in [2.24, 2.45) is 0 Å². The van der Waals surface area contributed by atoms with E-state index >= 15 is 0 Å². The highest BCUT2D eigenvalue weighted by atomic mass is 16.5. The molecule has 172 valence electrons. The van der Waals surface area contributed by atoms with Crippen molar-refractivity contribution in [3.63, 3.8) is 0 Å². The van der Waals surface area contributed by atoms with E-state index in [0.717, 1.165) is 42.0 Å². The topological polar surface area (TPSA) is 51.7 Å². The van der Waals surface area contributed by atoms with Crippen LogP contribution in [0.4, 0.5) is 5.69 Å². The number of methoxy groups -OCH3 is 2. The summed E-state index contributed by atoms with van der Waals surface area (Å²) in [6.07, 6.45) is 4.51. The molecule has 1 atom stereocenters. The molecule has 0 saturated heterocycles. The number of benzene rings is 2. The molecule has 0 aliphatic heterocycles. The maximum atomic E-state index is 14.0. The summed E-state index contributed by atoms with van der Waals surface area (Å²) in [5.74, 6) is 1.82. The summed E-state index contributed by atoms with van der Waals surface area (Å²) in [4.78, 5) is 20.4. The van der Waals surface area contributed by atoms with Gasteiger partial charge in [0.25, 0.3) is 0 Å². The van der Waals surface area contributed by atoms with E-state index in [4.69, 9.17) is 9.47 Å². The fourth-order valence-electron chi connectivity index (χ4n) is 4.47. The maximum absolute atomic E-state index is 14.0. The normalized spacial score (nSPS) is 15.1. The Morgan fingerprint density at radius 2 is 1.76 bits per heavy atom. The van der Waals surface area contributed by atoms with Crippen LogP contribution in [0.3, 0.4) is 0 Å². The van der Waals surface area contributed by atoms with Crippen LogP contribution < -0.4 is 14.4 Å². The Morgan fingerprint density at radius 3 is 2.39 bits per heavy atom. The molecule has 5 nitrogen and oxygen atoms in total. The number of nitrogens with zero attached hydrogens (tertiary/aromatic N) is 2. The molecule has 0 radical (unpaired) electrons. The van der Waals surface area contributed by atoms with Gasteiger partial charge in [-0.3, -0.25) is 9.78 Å². The zero-order chi connectivity index (χ0) is 23.4. The minimum atomic E-state index is -0.202. The second kappa shape index (κ2) is 10.1. The summed E-state index contributed by atoms with van der Waals surface area (Å²) < 4.78 is 10.7. The number of carbonyl (C=O) groups is 1. The minimum absolute atomic E-state index is 0.0964. The van der Waals surface area contributed by atoms with Gasteiger partial charge in [-0.1, -0.05) is 32.0 Å². The molecular weight excluding hydrogens is 412 g/mol. The van der Waals surface area contributed by atoms with Gasteiger partial charge in [-0.2, -0.15) is 0 Å². The van der Waals surface area contributed by atoms with E-state index in [9.17, 15) is 4.79 Å². The number of hydrogen-bond donors (Lipinski definition) is 0. The molecule has 2 aromatic carbocycles. The summed E-state index contributed by atoms with van der Waals surface area (Å²) in [7, 11) is 3.29. The molecule has 1 aliphatic rings. The van der Waals surface area contributed by atoms with Gasteiger partial charge in [-0.15, -0.1) is 0 Å². The molecule has 3 aromatic rings. The van der Waals surface area contributed by atoms with E-state index in [1.165, 1.54) is 11.1 Å². The average Bonchev–Trinajstić information content (AvgIpc) is 2.86. The first-order valence-corrected chi connectivity index (χ1v) is 11.6. The Hall–Kier alpha value is -3.34. The fourth-order valence-corrected chi connectivity index (χ4v) is 4.47. The molecule has 4 rings (SSSR count). The van der Waals surface area contributed by atoms with Crippen molar-refractivity contribution in [2.75, 3.05) is 19.1 Å². The third kappa shape index (κ3) is 5.03. The predicted octanol–water partition coefficient (Wildman–Crippen LogP) is 5.88. The monoisotopic (exact) mass is 444 g/mol. The van der Waals surface area contributed by atoms with Crippen LogP contribution >= 0.6 is 0 Å². The largest absolute Gasteiger partial charge is 0.497 e. The van der Waals surface area contributed by atoms with Crippen molar-refractivity contribution in [3.8, 4) is 11.5 Å². The van der Waals surface area contributed by atoms with Crippen LogP contribution in [0.2, 0.25) is 0 Å². The maximum Gasteiger partial charge on any atom is 0.234 e. The molecule has 0 bridgehead atoms. The molecule has 5 heteroatoms. The lowest BCUT2D eigenvalue weighted by atomic mass is 9.81. The number of anilines is 1. The first-order chi connectivity index (χ1) is 16.0. The lowest BCUT2D eigenvalue weighted by Crippen LogP contribution is -2.36. The number of aryl methyl sites for hydroxylation is 1. The third-order valence-corrected chi connectivity index (χ3v) is 6.46. The molecule has 0 N–H and O–H groups in total. The highest BCUT2D eigenvalue weighted by molar-refractivity contribution is 5.98. The number of fused-ring (bicyclic) bond motifs is 1. The smallest absolute Gasteiger partial charge is 0.234 e. The van der Waals surface area contributed by atoms with Crippen molar-refractivity contribution < 1.29 is 14.3 Å². The molecule has 0 spiro atoms. The van der Waals surface area contributed by atoms with Crippen molar-refractivity contribution in [3.05, 3.63) is 83.2 Å². The molecule has 33 heavy (non-hydrogen) atoms. The van der Waals surface area contributed by atoms with Gasteiger partial charge >= 0.3 is 0 Å². The van der Waals surface area contributed by atoms with Crippen LogP contribution in [-0.4, -0.2) is 25.1 Å². The number of aromatic nitrogens is 1. The first kappa shape index (κ1) is 22.8. The summed E-state index contributed by atoms with van der Waals surface area (Å²) in [5.41, 5.74) is 5.27. The van der Waals surface area contributed by atoms with Crippen LogP contribution in [0.25, 0.3) is 0 Å². The van der Waals surface area contributed by atoms with Crippen molar-refractivity contribution in [1.82, 2.24) is 4.98 Å². The molecule has 1 aliphatic carbocycles. The second-order valence-corrected chi connectivity index (χ2v) is 8.87. The van der Waals surface area contributed by atoms with E-state index in [-0.39, 0.29) is 11.8 Å². The van der Waals surface area contributed by atoms with Gasteiger partial charge in [-0.25, -0.2) is 0 Å². The van der Waals surface area contributed by atoms with Crippen LogP contribution in [-0.2, 0) is 17.8 Å². The van der Waals surface area contributed by atoms with Gasteiger partial charge in [-0.05, 0) is 78.3 Å². The van der Waals surface area contributed by atoms with Gasteiger partial charge in [0.05, 0.1) is 38.6 Å². The average molecular weight is 445 g/mol. The second-order valence-electron chi connectivity index (χ2n) is 8.87. The predicted molar refractivity (Wildman–Crippen MR) is 131 cm³/mol. The standard InChI is InChI=1S/C28H32N2O3/c1-19(2)20-8-12-23(13-9-20)30(18-22-11-15-25(33-4)17-29-22)28(31)26-7-5-6-21-10-14-24(32-3)16-27(21)26/h8-17,19,26H,5-7,18H2,1-4H3. The number of ether oxygens (including phenoxy) is 2. The van der Waals surface area contributed by atoms with Crippen molar-refractivity contribution in [2.45, 2.75) is 51.5 Å². The van der Waals surface area contributed by atoms with Crippen molar-refractivity contribution in [1.29, 1.82) is 0 Å². The van der Waals surface area contributed by atoms with Gasteiger partial charge in [0.1, 0.15) is 11.5 Å². The van der Waals surface area contributed by atoms with E-state index in [1.54, 1.807) is 20.4 Å². The lowest BCUT2D eigenvalue weighted by molar-refractivity contribution is -0.120. The molecule has 1 unspecified atom stereocenters. The van der Waals surface area contributed by atoms with Gasteiger partial charge in [0, 0.05) is 5.69 Å². The number of hydrogen-bond acceptors (Lipinski definition) is 4. The van der Waals surface area contributed by atoms with E-state index in [0.29, 0.717) is 18.2 Å². The highest BCUT2D eigenvalue weighted by Gasteiger charge is 2.31. The van der Waals surface area contributed by atoms with Crippen LogP contribution in [0.15, 0.2) is 60.8 Å². The fraction of sp³-hybridized carbons (Fsp3) is 0.357. The lowest BCUT2D eigenvalue weighted by Gasteiger charge is -2.31. The summed E-state index contributed by atoms with van der Waals surface area (Å²) in [5, 5.41) is 0. The molecular formula is C28H32N2O3. The third-order valence-electron chi connectivity index (χ3n) is 6.46. The number of carbonyl (C=O) groups excluding carboxylic acids is 1. The van der Waals surface area contributed by atoms with E-state index < -0.39 is 0 Å². The van der Waals surface area contributed by atoms with Crippen LogP contribution in [0.5, 0.6) is 11.5 Å². The van der Waals surface area contributed by atoms with Gasteiger partial charge in [0.2, 0.25) is 5.91 Å². The Kier molecular flexibility index (Phi) is 6.97. The Bertz CT molecular complexity index is 1090. The number of amides is 1. The Labute approximate surface area is 196 Å². The van der Waals surface area contributed by atoms with E-state index in [1.807, 2.05) is 41.3 Å². The molecule has 1 amide bonds. The van der Waals surface area contributed by atoms with Gasteiger partial charge in [0.15, 0.2) is 0 Å². The number of pyridine rings is 1. The molecule has 0 saturated carbocycles. The first-order valence-electron chi connectivity index (χ1n) is 11.6. The quantitative estimate of drug-likeness (QED) is 0.457. The zero-order valence-corrected chi connectivity index (χ0v) is 19.9. The highest BCUT2D eigenvalue weighted by Crippen LogP contribution is 2.37. The van der Waals surface area contributed by atoms with E-state index in [2.05, 4.69) is 37.0 Å². The van der Waals surface area contributed by atoms with Gasteiger partial charge < -0.3 is 14.4 Å². The molecule has 0 fully saturated rings. The van der Waals surface area contributed by atoms with Crippen molar-refractivity contribution >= 4 is 11.6 Å². The molecule has 1 heterocycles.